The smallest absolute Gasteiger partial charge is 0.396 e. The minimum atomic E-state index is -4.45. The van der Waals surface area contributed by atoms with Crippen molar-refractivity contribution >= 4 is 0 Å². The minimum absolute atomic E-state index is 0.0777. The summed E-state index contributed by atoms with van der Waals surface area (Å²) in [5, 5.41) is 23.8. The summed E-state index contributed by atoms with van der Waals surface area (Å²) in [6.07, 6.45) is -0.955. The van der Waals surface area contributed by atoms with Crippen molar-refractivity contribution in [2.45, 2.75) is 37.7 Å². The van der Waals surface area contributed by atoms with E-state index in [1.54, 1.807) is 18.3 Å². The van der Waals surface area contributed by atoms with Gasteiger partial charge in [0.25, 0.3) is 0 Å². The lowest BCUT2D eigenvalue weighted by Crippen LogP contribution is -2.36. The van der Waals surface area contributed by atoms with Crippen LogP contribution in [0.15, 0.2) is 60.9 Å². The molecule has 3 N–H and O–H groups in total. The van der Waals surface area contributed by atoms with Gasteiger partial charge in [-0.3, -0.25) is 4.98 Å². The van der Waals surface area contributed by atoms with Crippen molar-refractivity contribution in [1.29, 1.82) is 0 Å². The number of aliphatic hydroxyl groups excluding tert-OH is 2. The summed E-state index contributed by atoms with van der Waals surface area (Å²) < 4.78 is 39.3. The highest BCUT2D eigenvalue weighted by atomic mass is 19.4. The fourth-order valence-corrected chi connectivity index (χ4v) is 4.44. The van der Waals surface area contributed by atoms with Gasteiger partial charge in [-0.15, -0.1) is 0 Å². The number of nitrogens with zero attached hydrogens (tertiary/aromatic N) is 3. The molecule has 6 nitrogen and oxygen atoms in total. The SMILES string of the molecule is OCC1C(O)CC(NCc2ccccn2)C1Cc1ccnc(-c2cccc(C(F)(F)F)c2)n1. The van der Waals surface area contributed by atoms with Gasteiger partial charge in [0.2, 0.25) is 0 Å². The van der Waals surface area contributed by atoms with Gasteiger partial charge < -0.3 is 15.5 Å². The van der Waals surface area contributed by atoms with Crippen LogP contribution in [0.1, 0.15) is 23.4 Å². The monoisotopic (exact) mass is 458 g/mol. The van der Waals surface area contributed by atoms with Crippen LogP contribution >= 0.6 is 0 Å². The maximum Gasteiger partial charge on any atom is 0.416 e. The van der Waals surface area contributed by atoms with Crippen LogP contribution in [0.5, 0.6) is 0 Å². The third-order valence-electron chi connectivity index (χ3n) is 6.14. The molecule has 0 saturated heterocycles. The molecule has 174 valence electrons. The van der Waals surface area contributed by atoms with E-state index in [0.717, 1.165) is 17.8 Å². The van der Waals surface area contributed by atoms with Gasteiger partial charge in [0.1, 0.15) is 0 Å². The van der Waals surface area contributed by atoms with Crippen molar-refractivity contribution in [3.05, 3.63) is 77.9 Å². The molecule has 0 spiro atoms. The molecule has 33 heavy (non-hydrogen) atoms. The molecule has 1 fully saturated rings. The van der Waals surface area contributed by atoms with E-state index < -0.39 is 17.8 Å². The Labute approximate surface area is 189 Å². The molecule has 0 bridgehead atoms. The summed E-state index contributed by atoms with van der Waals surface area (Å²) >= 11 is 0. The molecule has 0 radical (unpaired) electrons. The summed E-state index contributed by atoms with van der Waals surface area (Å²) in [5.41, 5.74) is 1.03. The van der Waals surface area contributed by atoms with Crippen molar-refractivity contribution in [1.82, 2.24) is 20.3 Å². The zero-order chi connectivity index (χ0) is 23.4. The Morgan fingerprint density at radius 1 is 0.970 bits per heavy atom. The van der Waals surface area contributed by atoms with Gasteiger partial charge in [0, 0.05) is 48.8 Å². The number of aliphatic hydroxyl groups is 2. The molecule has 1 aliphatic rings. The Bertz CT molecular complexity index is 1060. The molecule has 1 saturated carbocycles. The second kappa shape index (κ2) is 9.94. The molecule has 2 aromatic heterocycles. The van der Waals surface area contributed by atoms with E-state index in [-0.39, 0.29) is 35.9 Å². The highest BCUT2D eigenvalue weighted by Gasteiger charge is 2.42. The van der Waals surface area contributed by atoms with Gasteiger partial charge in [0.15, 0.2) is 5.82 Å². The third kappa shape index (κ3) is 5.55. The number of benzene rings is 1. The third-order valence-corrected chi connectivity index (χ3v) is 6.14. The van der Waals surface area contributed by atoms with E-state index in [1.807, 2.05) is 18.2 Å². The van der Waals surface area contributed by atoms with E-state index in [0.29, 0.717) is 25.1 Å². The van der Waals surface area contributed by atoms with Crippen molar-refractivity contribution in [3.8, 4) is 11.4 Å². The molecule has 0 aliphatic heterocycles. The van der Waals surface area contributed by atoms with Gasteiger partial charge >= 0.3 is 6.18 Å². The van der Waals surface area contributed by atoms with E-state index in [2.05, 4.69) is 20.3 Å². The topological polar surface area (TPSA) is 91.2 Å². The van der Waals surface area contributed by atoms with Gasteiger partial charge in [-0.2, -0.15) is 13.2 Å². The Balaban J connectivity index is 1.53. The second-order valence-corrected chi connectivity index (χ2v) is 8.28. The number of alkyl halides is 3. The summed E-state index contributed by atoms with van der Waals surface area (Å²) in [6.45, 7) is 0.352. The summed E-state index contributed by atoms with van der Waals surface area (Å²) in [4.78, 5) is 13.0. The fourth-order valence-electron chi connectivity index (χ4n) is 4.44. The second-order valence-electron chi connectivity index (χ2n) is 8.28. The molecule has 4 rings (SSSR count). The molecule has 2 heterocycles. The summed E-state index contributed by atoms with van der Waals surface area (Å²) in [5.74, 6) is -0.244. The molecule has 3 aromatic rings. The van der Waals surface area contributed by atoms with Crippen molar-refractivity contribution in [2.24, 2.45) is 11.8 Å². The lowest BCUT2D eigenvalue weighted by Gasteiger charge is -2.25. The van der Waals surface area contributed by atoms with E-state index >= 15 is 0 Å². The average Bonchev–Trinajstić information content (AvgIpc) is 3.12. The van der Waals surface area contributed by atoms with Crippen LogP contribution in [0.25, 0.3) is 11.4 Å². The predicted molar refractivity (Wildman–Crippen MR) is 116 cm³/mol. The lowest BCUT2D eigenvalue weighted by atomic mass is 9.88. The first-order valence-corrected chi connectivity index (χ1v) is 10.8. The largest absolute Gasteiger partial charge is 0.416 e. The van der Waals surface area contributed by atoms with Gasteiger partial charge in [-0.05, 0) is 49.1 Å². The number of pyridine rings is 1. The summed E-state index contributed by atoms with van der Waals surface area (Å²) in [6, 6.07) is 12.2. The number of hydrogen-bond acceptors (Lipinski definition) is 6. The molecule has 1 aromatic carbocycles. The number of nitrogens with one attached hydrogen (secondary N) is 1. The Morgan fingerprint density at radius 2 is 1.82 bits per heavy atom. The van der Waals surface area contributed by atoms with E-state index in [9.17, 15) is 23.4 Å². The van der Waals surface area contributed by atoms with Gasteiger partial charge in [0.05, 0.1) is 17.4 Å². The first kappa shape index (κ1) is 23.3. The van der Waals surface area contributed by atoms with Crippen molar-refractivity contribution in [2.75, 3.05) is 6.61 Å². The summed E-state index contributed by atoms with van der Waals surface area (Å²) in [7, 11) is 0. The first-order chi connectivity index (χ1) is 15.8. The minimum Gasteiger partial charge on any atom is -0.396 e. The van der Waals surface area contributed by atoms with Crippen molar-refractivity contribution in [3.63, 3.8) is 0 Å². The number of rotatable bonds is 7. The van der Waals surface area contributed by atoms with Crippen LogP contribution in [0.2, 0.25) is 0 Å². The molecular weight excluding hydrogens is 433 g/mol. The maximum absolute atomic E-state index is 13.1. The van der Waals surface area contributed by atoms with Crippen LogP contribution in [-0.2, 0) is 19.1 Å². The van der Waals surface area contributed by atoms with Crippen LogP contribution < -0.4 is 5.32 Å². The maximum atomic E-state index is 13.1. The van der Waals surface area contributed by atoms with Crippen LogP contribution in [0.4, 0.5) is 13.2 Å². The Hall–Kier alpha value is -2.88. The van der Waals surface area contributed by atoms with Crippen molar-refractivity contribution < 1.29 is 23.4 Å². The van der Waals surface area contributed by atoms with E-state index in [4.69, 9.17) is 0 Å². The van der Waals surface area contributed by atoms with Crippen LogP contribution in [-0.4, -0.2) is 43.9 Å². The first-order valence-electron chi connectivity index (χ1n) is 10.8. The van der Waals surface area contributed by atoms with Crippen LogP contribution in [0, 0.1) is 11.8 Å². The van der Waals surface area contributed by atoms with Crippen LogP contribution in [0.3, 0.4) is 0 Å². The quantitative estimate of drug-likeness (QED) is 0.504. The molecule has 1 aliphatic carbocycles. The zero-order valence-electron chi connectivity index (χ0n) is 17.8. The molecular formula is C24H25F3N4O2. The highest BCUT2D eigenvalue weighted by molar-refractivity contribution is 5.56. The number of aromatic nitrogens is 3. The lowest BCUT2D eigenvalue weighted by molar-refractivity contribution is -0.137. The van der Waals surface area contributed by atoms with E-state index in [1.165, 1.54) is 12.3 Å². The van der Waals surface area contributed by atoms with Gasteiger partial charge in [-0.1, -0.05) is 18.2 Å². The fraction of sp³-hybridized carbons (Fsp3) is 0.375. The number of hydrogen-bond donors (Lipinski definition) is 3. The predicted octanol–water partition coefficient (Wildman–Crippen LogP) is 3.25. The Morgan fingerprint density at radius 3 is 2.55 bits per heavy atom. The molecule has 4 unspecified atom stereocenters. The van der Waals surface area contributed by atoms with Gasteiger partial charge in [-0.25, -0.2) is 9.97 Å². The molecule has 4 atom stereocenters. The standard InChI is InChI=1S/C24H25F3N4O2/c25-24(26,27)16-5-3-4-15(10-16)23-29-9-7-17(31-23)11-19-20(14-32)22(33)12-21(19)30-13-18-6-1-2-8-28-18/h1-10,19-22,30,32-33H,11-14H2. The Kier molecular flexibility index (Phi) is 7.02. The molecule has 0 amide bonds. The molecule has 9 heteroatoms. The highest BCUT2D eigenvalue weighted by Crippen LogP contribution is 2.35. The normalized spacial score (nSPS) is 23.1. The zero-order valence-corrected chi connectivity index (χ0v) is 17.8. The average molecular weight is 458 g/mol. The number of halogens is 3.